The first kappa shape index (κ1) is 15.4. The lowest BCUT2D eigenvalue weighted by molar-refractivity contribution is 0.0956. The van der Waals surface area contributed by atoms with Crippen LogP contribution in [0.15, 0.2) is 55.4 Å². The van der Waals surface area contributed by atoms with E-state index in [1.807, 2.05) is 0 Å². The van der Waals surface area contributed by atoms with Crippen LogP contribution in [0, 0.1) is 0 Å². The maximum atomic E-state index is 11.9. The van der Waals surface area contributed by atoms with E-state index in [2.05, 4.69) is 22.2 Å². The molecule has 5 nitrogen and oxygen atoms in total. The number of nitrogens with one attached hydrogen (secondary N) is 2. The minimum Gasteiger partial charge on any atom is -0.354 e. The van der Waals surface area contributed by atoms with Gasteiger partial charge in [0.25, 0.3) is 5.91 Å². The molecule has 22 heavy (non-hydrogen) atoms. The highest BCUT2D eigenvalue weighted by Gasteiger charge is 2.06. The fourth-order valence-corrected chi connectivity index (χ4v) is 1.85. The summed E-state index contributed by atoms with van der Waals surface area (Å²) in [5.74, 6) is -0.183. The number of Topliss-reactive ketones (excluding diaryl/α,β-unsaturated/α-hetero) is 1. The van der Waals surface area contributed by atoms with E-state index in [0.717, 1.165) is 5.69 Å². The molecule has 0 spiro atoms. The summed E-state index contributed by atoms with van der Waals surface area (Å²) in [6, 6.07) is 8.82. The number of nitrogens with zero attached hydrogens (tertiary/aromatic N) is 1. The molecule has 0 aliphatic rings. The highest BCUT2D eigenvalue weighted by Crippen LogP contribution is 2.17. The highest BCUT2D eigenvalue weighted by atomic mass is 16.1. The molecule has 0 aliphatic heterocycles. The third-order valence-electron chi connectivity index (χ3n) is 2.99. The number of hydrogen-bond acceptors (Lipinski definition) is 4. The molecule has 2 N–H and O–H groups in total. The SMILES string of the molecule is C=CCNC(=O)c1cncc(Nc2ccc(C(C)=O)cc2)c1. The second-order valence-electron chi connectivity index (χ2n) is 4.72. The van der Waals surface area contributed by atoms with Crippen LogP contribution in [0.5, 0.6) is 0 Å². The number of rotatable bonds is 6. The maximum absolute atomic E-state index is 11.9. The van der Waals surface area contributed by atoms with Gasteiger partial charge in [-0.1, -0.05) is 6.08 Å². The summed E-state index contributed by atoms with van der Waals surface area (Å²) in [4.78, 5) is 27.2. The average Bonchev–Trinajstić information content (AvgIpc) is 2.53. The zero-order valence-electron chi connectivity index (χ0n) is 12.3. The predicted octanol–water partition coefficient (Wildman–Crippen LogP) is 2.94. The van der Waals surface area contributed by atoms with Crippen molar-refractivity contribution in [3.63, 3.8) is 0 Å². The van der Waals surface area contributed by atoms with Crippen LogP contribution >= 0.6 is 0 Å². The quantitative estimate of drug-likeness (QED) is 0.635. The highest BCUT2D eigenvalue weighted by molar-refractivity contribution is 5.95. The van der Waals surface area contributed by atoms with Crippen LogP contribution in [0.1, 0.15) is 27.6 Å². The number of carbonyl (C=O) groups excluding carboxylic acids is 2. The summed E-state index contributed by atoms with van der Waals surface area (Å²) in [5, 5.41) is 5.84. The van der Waals surface area contributed by atoms with Crippen molar-refractivity contribution in [2.75, 3.05) is 11.9 Å². The minimum atomic E-state index is -0.206. The molecule has 0 unspecified atom stereocenters. The molecule has 5 heteroatoms. The van der Waals surface area contributed by atoms with Gasteiger partial charge in [-0.05, 0) is 37.3 Å². The second kappa shape index (κ2) is 7.17. The lowest BCUT2D eigenvalue weighted by Crippen LogP contribution is -2.23. The van der Waals surface area contributed by atoms with Gasteiger partial charge in [-0.2, -0.15) is 0 Å². The van der Waals surface area contributed by atoms with Crippen LogP contribution in [-0.4, -0.2) is 23.2 Å². The van der Waals surface area contributed by atoms with Crippen LogP contribution in [0.2, 0.25) is 0 Å². The molecule has 2 aromatic rings. The van der Waals surface area contributed by atoms with Crippen molar-refractivity contribution in [1.29, 1.82) is 0 Å². The van der Waals surface area contributed by atoms with Crippen molar-refractivity contribution in [3.05, 3.63) is 66.5 Å². The molecule has 1 aromatic heterocycles. The first-order chi connectivity index (χ1) is 10.6. The van der Waals surface area contributed by atoms with Gasteiger partial charge in [0.2, 0.25) is 0 Å². The van der Waals surface area contributed by atoms with Crippen molar-refractivity contribution in [3.8, 4) is 0 Å². The summed E-state index contributed by atoms with van der Waals surface area (Å²) in [6.07, 6.45) is 4.75. The van der Waals surface area contributed by atoms with Crippen molar-refractivity contribution < 1.29 is 9.59 Å². The van der Waals surface area contributed by atoms with E-state index in [0.29, 0.717) is 23.4 Å². The first-order valence-corrected chi connectivity index (χ1v) is 6.82. The summed E-state index contributed by atoms with van der Waals surface area (Å²) in [7, 11) is 0. The first-order valence-electron chi connectivity index (χ1n) is 6.82. The largest absolute Gasteiger partial charge is 0.354 e. The van der Waals surface area contributed by atoms with Gasteiger partial charge < -0.3 is 10.6 Å². The third kappa shape index (κ3) is 4.02. The molecule has 1 heterocycles. The number of aromatic nitrogens is 1. The number of carbonyl (C=O) groups is 2. The monoisotopic (exact) mass is 295 g/mol. The zero-order chi connectivity index (χ0) is 15.9. The number of benzene rings is 1. The molecule has 0 fully saturated rings. The second-order valence-corrected chi connectivity index (χ2v) is 4.72. The van der Waals surface area contributed by atoms with Gasteiger partial charge in [0.1, 0.15) is 0 Å². The van der Waals surface area contributed by atoms with Crippen LogP contribution in [0.4, 0.5) is 11.4 Å². The molecular formula is C17H17N3O2. The molecule has 0 aliphatic carbocycles. The predicted molar refractivity (Wildman–Crippen MR) is 86.5 cm³/mol. The van der Waals surface area contributed by atoms with Crippen LogP contribution in [0.3, 0.4) is 0 Å². The van der Waals surface area contributed by atoms with E-state index in [4.69, 9.17) is 0 Å². The van der Waals surface area contributed by atoms with Gasteiger partial charge in [0.05, 0.1) is 17.4 Å². The number of anilines is 2. The Morgan fingerprint density at radius 3 is 2.50 bits per heavy atom. The van der Waals surface area contributed by atoms with Gasteiger partial charge >= 0.3 is 0 Å². The van der Waals surface area contributed by atoms with Gasteiger partial charge in [0.15, 0.2) is 5.78 Å². The summed E-state index contributed by atoms with van der Waals surface area (Å²) in [5.41, 5.74) is 2.63. The van der Waals surface area contributed by atoms with E-state index >= 15 is 0 Å². The molecule has 0 saturated carbocycles. The van der Waals surface area contributed by atoms with E-state index in [-0.39, 0.29) is 11.7 Å². The molecule has 0 radical (unpaired) electrons. The lowest BCUT2D eigenvalue weighted by atomic mass is 10.1. The zero-order valence-corrected chi connectivity index (χ0v) is 12.3. The third-order valence-corrected chi connectivity index (χ3v) is 2.99. The van der Waals surface area contributed by atoms with E-state index in [9.17, 15) is 9.59 Å². The van der Waals surface area contributed by atoms with Gasteiger partial charge in [-0.25, -0.2) is 0 Å². The Hall–Kier alpha value is -2.95. The summed E-state index contributed by atoms with van der Waals surface area (Å²) in [6.45, 7) is 5.48. The van der Waals surface area contributed by atoms with Crippen molar-refractivity contribution in [2.45, 2.75) is 6.92 Å². The average molecular weight is 295 g/mol. The van der Waals surface area contributed by atoms with E-state index in [1.54, 1.807) is 42.6 Å². The molecular weight excluding hydrogens is 278 g/mol. The van der Waals surface area contributed by atoms with Gasteiger partial charge in [-0.3, -0.25) is 14.6 Å². The number of hydrogen-bond donors (Lipinski definition) is 2. The van der Waals surface area contributed by atoms with Crippen LogP contribution in [-0.2, 0) is 0 Å². The number of ketones is 1. The van der Waals surface area contributed by atoms with Crippen LogP contribution in [0.25, 0.3) is 0 Å². The topological polar surface area (TPSA) is 71.1 Å². The maximum Gasteiger partial charge on any atom is 0.253 e. The Kier molecular flexibility index (Phi) is 5.03. The van der Waals surface area contributed by atoms with Crippen molar-refractivity contribution in [2.24, 2.45) is 0 Å². The van der Waals surface area contributed by atoms with E-state index < -0.39 is 0 Å². The van der Waals surface area contributed by atoms with Crippen LogP contribution < -0.4 is 10.6 Å². The van der Waals surface area contributed by atoms with Crippen molar-refractivity contribution in [1.82, 2.24) is 10.3 Å². The van der Waals surface area contributed by atoms with E-state index in [1.165, 1.54) is 13.1 Å². The molecule has 0 atom stereocenters. The standard InChI is InChI=1S/C17H17N3O2/c1-3-8-19-17(22)14-9-16(11-18-10-14)20-15-6-4-13(5-7-15)12(2)21/h3-7,9-11,20H,1,8H2,2H3,(H,19,22). The molecule has 0 bridgehead atoms. The molecule has 1 aromatic carbocycles. The van der Waals surface area contributed by atoms with Gasteiger partial charge in [0, 0.05) is 24.0 Å². The smallest absolute Gasteiger partial charge is 0.253 e. The lowest BCUT2D eigenvalue weighted by Gasteiger charge is -2.08. The Labute approximate surface area is 129 Å². The Morgan fingerprint density at radius 2 is 1.86 bits per heavy atom. The minimum absolute atomic E-state index is 0.0223. The Bertz CT molecular complexity index is 693. The molecule has 1 amide bonds. The molecule has 0 saturated heterocycles. The Morgan fingerprint density at radius 1 is 1.14 bits per heavy atom. The van der Waals surface area contributed by atoms with Gasteiger partial charge in [-0.15, -0.1) is 6.58 Å². The van der Waals surface area contributed by atoms with Crippen molar-refractivity contribution >= 4 is 23.1 Å². The molecule has 112 valence electrons. The number of pyridine rings is 1. The molecule has 2 rings (SSSR count). The normalized spacial score (nSPS) is 9.86. The summed E-state index contributed by atoms with van der Waals surface area (Å²) >= 11 is 0. The fraction of sp³-hybridized carbons (Fsp3) is 0.118. The fourth-order valence-electron chi connectivity index (χ4n) is 1.85. The summed E-state index contributed by atoms with van der Waals surface area (Å²) < 4.78 is 0. The number of amides is 1. The Balaban J connectivity index is 2.11.